The van der Waals surface area contributed by atoms with Crippen molar-refractivity contribution in [3.05, 3.63) is 21.5 Å². The van der Waals surface area contributed by atoms with Crippen LogP contribution in [0.15, 0.2) is 16.9 Å². The molecule has 1 aromatic heterocycles. The molecule has 6 heteroatoms. The van der Waals surface area contributed by atoms with Gasteiger partial charge in [0.2, 0.25) is 0 Å². The van der Waals surface area contributed by atoms with Crippen LogP contribution in [0.25, 0.3) is 0 Å². The van der Waals surface area contributed by atoms with Gasteiger partial charge in [-0.05, 0) is 5.41 Å². The Morgan fingerprint density at radius 3 is 2.71 bits per heavy atom. The summed E-state index contributed by atoms with van der Waals surface area (Å²) in [4.78, 5) is 22.8. The van der Waals surface area contributed by atoms with E-state index >= 15 is 0 Å². The molecule has 5 nitrogen and oxygen atoms in total. The van der Waals surface area contributed by atoms with Gasteiger partial charge in [-0.3, -0.25) is 0 Å². The Balaban J connectivity index is 2.77. The minimum atomic E-state index is -0.389. The highest BCUT2D eigenvalue weighted by atomic mass is 32.1. The summed E-state index contributed by atoms with van der Waals surface area (Å²) in [5, 5.41) is 4.81. The molecule has 0 aliphatic carbocycles. The Bertz CT molecular complexity index is 281. The fourth-order valence-corrected chi connectivity index (χ4v) is 1.88. The fraction of sp³-hybridized carbons (Fsp3) is 0.625. The lowest BCUT2D eigenvalue weighted by molar-refractivity contribution is -0.347. The van der Waals surface area contributed by atoms with E-state index in [1.165, 1.54) is 11.3 Å². The van der Waals surface area contributed by atoms with E-state index in [1.54, 1.807) is 6.20 Å². The Morgan fingerprint density at radius 2 is 2.29 bits per heavy atom. The minimum absolute atomic E-state index is 0.206. The standard InChI is InChI=1S/C8H12N2O3S/c1-8(2,3)6(12-13-10-11)7-9-4-5-14-7/h4-6H,1-3H3. The summed E-state index contributed by atoms with van der Waals surface area (Å²) < 4.78 is 0. The van der Waals surface area contributed by atoms with Crippen LogP contribution in [0.1, 0.15) is 31.9 Å². The predicted molar refractivity (Wildman–Crippen MR) is 52.3 cm³/mol. The minimum Gasteiger partial charge on any atom is -0.247 e. The fourth-order valence-electron chi connectivity index (χ4n) is 0.980. The lowest BCUT2D eigenvalue weighted by Gasteiger charge is -2.25. The number of hydrogen-bond donors (Lipinski definition) is 0. The van der Waals surface area contributed by atoms with Gasteiger partial charge in [0.15, 0.2) is 11.4 Å². The van der Waals surface area contributed by atoms with E-state index in [9.17, 15) is 4.91 Å². The van der Waals surface area contributed by atoms with E-state index in [0.717, 1.165) is 5.01 Å². The molecule has 1 unspecified atom stereocenters. The zero-order valence-electron chi connectivity index (χ0n) is 8.26. The van der Waals surface area contributed by atoms with Crippen LogP contribution >= 0.6 is 11.3 Å². The average Bonchev–Trinajstić information content (AvgIpc) is 2.55. The third-order valence-corrected chi connectivity index (χ3v) is 2.45. The predicted octanol–water partition coefficient (Wildman–Crippen LogP) is 2.86. The van der Waals surface area contributed by atoms with Crippen LogP contribution in [0.4, 0.5) is 0 Å². The van der Waals surface area contributed by atoms with Crippen molar-refractivity contribution in [1.29, 1.82) is 0 Å². The highest BCUT2D eigenvalue weighted by molar-refractivity contribution is 7.09. The first-order valence-electron chi connectivity index (χ1n) is 4.10. The van der Waals surface area contributed by atoms with E-state index in [0.29, 0.717) is 0 Å². The van der Waals surface area contributed by atoms with Gasteiger partial charge < -0.3 is 0 Å². The lowest BCUT2D eigenvalue weighted by atomic mass is 9.89. The van der Waals surface area contributed by atoms with Crippen molar-refractivity contribution in [3.63, 3.8) is 0 Å². The SMILES string of the molecule is CC(C)(C)C(OON=O)c1nccs1. The topological polar surface area (TPSA) is 60.8 Å². The second-order valence-corrected chi connectivity index (χ2v) is 4.79. The van der Waals surface area contributed by atoms with Crippen LogP contribution < -0.4 is 0 Å². The van der Waals surface area contributed by atoms with E-state index < -0.39 is 0 Å². The van der Waals surface area contributed by atoms with Crippen LogP contribution in [0.2, 0.25) is 0 Å². The Morgan fingerprint density at radius 1 is 1.57 bits per heavy atom. The van der Waals surface area contributed by atoms with Crippen LogP contribution in [-0.4, -0.2) is 4.98 Å². The Labute approximate surface area is 85.9 Å². The molecule has 78 valence electrons. The maximum atomic E-state index is 9.79. The van der Waals surface area contributed by atoms with Gasteiger partial charge in [-0.1, -0.05) is 20.8 Å². The number of rotatable bonds is 4. The number of nitrogens with zero attached hydrogens (tertiary/aromatic N) is 2. The molecule has 0 saturated heterocycles. The molecular weight excluding hydrogens is 204 g/mol. The first-order valence-corrected chi connectivity index (χ1v) is 4.98. The molecule has 0 aromatic carbocycles. The molecule has 0 fully saturated rings. The Hall–Kier alpha value is -1.01. The third-order valence-electron chi connectivity index (χ3n) is 1.63. The molecular formula is C8H12N2O3S. The van der Waals surface area contributed by atoms with Crippen molar-refractivity contribution in [2.24, 2.45) is 10.8 Å². The van der Waals surface area contributed by atoms with E-state index in [4.69, 9.17) is 4.89 Å². The number of thiazole rings is 1. The van der Waals surface area contributed by atoms with Gasteiger partial charge in [-0.2, -0.15) is 4.99 Å². The van der Waals surface area contributed by atoms with Gasteiger partial charge in [0.05, 0.1) is 0 Å². The molecule has 14 heavy (non-hydrogen) atoms. The quantitative estimate of drug-likeness (QED) is 0.441. The van der Waals surface area contributed by atoms with Crippen molar-refractivity contribution in [2.45, 2.75) is 26.9 Å². The first kappa shape index (κ1) is 11.1. The first-order chi connectivity index (χ1) is 6.55. The van der Waals surface area contributed by atoms with E-state index in [2.05, 4.69) is 15.3 Å². The van der Waals surface area contributed by atoms with Crippen molar-refractivity contribution in [3.8, 4) is 0 Å². The van der Waals surface area contributed by atoms with Gasteiger partial charge in [0.1, 0.15) is 5.01 Å². The largest absolute Gasteiger partial charge is 0.247 e. The highest BCUT2D eigenvalue weighted by Crippen LogP contribution is 2.36. The second kappa shape index (κ2) is 4.47. The maximum Gasteiger partial charge on any atom is 0.190 e. The van der Waals surface area contributed by atoms with Crippen molar-refractivity contribution < 1.29 is 9.88 Å². The summed E-state index contributed by atoms with van der Waals surface area (Å²) in [6.45, 7) is 5.90. The van der Waals surface area contributed by atoms with E-state index in [-0.39, 0.29) is 11.5 Å². The molecule has 0 N–H and O–H groups in total. The number of hydrogen-bond acceptors (Lipinski definition) is 6. The molecule has 1 aromatic rings. The monoisotopic (exact) mass is 216 g/mol. The zero-order valence-corrected chi connectivity index (χ0v) is 9.08. The van der Waals surface area contributed by atoms with Crippen molar-refractivity contribution >= 4 is 11.3 Å². The van der Waals surface area contributed by atoms with Crippen LogP contribution in [-0.2, 0) is 9.88 Å². The van der Waals surface area contributed by atoms with Crippen LogP contribution in [0.3, 0.4) is 0 Å². The molecule has 0 radical (unpaired) electrons. The van der Waals surface area contributed by atoms with Gasteiger partial charge in [-0.15, -0.1) is 21.1 Å². The molecule has 1 heterocycles. The number of aromatic nitrogens is 1. The smallest absolute Gasteiger partial charge is 0.190 e. The van der Waals surface area contributed by atoms with Crippen molar-refractivity contribution in [1.82, 2.24) is 4.98 Å². The molecule has 1 atom stereocenters. The maximum absolute atomic E-state index is 9.79. The summed E-state index contributed by atoms with van der Waals surface area (Å²) in [5.74, 6) is 0. The molecule has 0 aliphatic rings. The summed E-state index contributed by atoms with van der Waals surface area (Å²) in [5.41, 5.74) is -0.206. The van der Waals surface area contributed by atoms with Gasteiger partial charge in [-0.25, -0.2) is 4.98 Å². The molecule has 0 saturated carbocycles. The molecule has 1 rings (SSSR count). The zero-order chi connectivity index (χ0) is 10.6. The van der Waals surface area contributed by atoms with Gasteiger partial charge >= 0.3 is 0 Å². The molecule has 0 spiro atoms. The van der Waals surface area contributed by atoms with Gasteiger partial charge in [0.25, 0.3) is 0 Å². The molecule has 0 bridgehead atoms. The summed E-state index contributed by atoms with van der Waals surface area (Å²) in [6.07, 6.45) is 1.29. The lowest BCUT2D eigenvalue weighted by Crippen LogP contribution is -2.20. The second-order valence-electron chi connectivity index (χ2n) is 3.86. The Kier molecular flexibility index (Phi) is 3.54. The van der Waals surface area contributed by atoms with Crippen LogP contribution in [0, 0.1) is 10.3 Å². The summed E-state index contributed by atoms with van der Waals surface area (Å²) in [6, 6.07) is 0. The molecule has 0 amide bonds. The molecule has 0 aliphatic heterocycles. The van der Waals surface area contributed by atoms with E-state index in [1.807, 2.05) is 26.2 Å². The summed E-state index contributed by atoms with van der Waals surface area (Å²) >= 11 is 1.45. The van der Waals surface area contributed by atoms with Crippen molar-refractivity contribution in [2.75, 3.05) is 0 Å². The van der Waals surface area contributed by atoms with Crippen LogP contribution in [0.5, 0.6) is 0 Å². The summed E-state index contributed by atoms with van der Waals surface area (Å²) in [7, 11) is 0. The normalized spacial score (nSPS) is 13.6. The van der Waals surface area contributed by atoms with Gasteiger partial charge in [0, 0.05) is 11.6 Å². The third kappa shape index (κ3) is 2.74. The average molecular weight is 216 g/mol. The highest BCUT2D eigenvalue weighted by Gasteiger charge is 2.31.